The highest BCUT2D eigenvalue weighted by Gasteiger charge is 2.09. The molecule has 0 heterocycles. The van der Waals surface area contributed by atoms with E-state index in [1.165, 1.54) is 13.0 Å². The zero-order valence-electron chi connectivity index (χ0n) is 7.55. The Hall–Kier alpha value is -1.49. The molecular formula is C9H10F2N2O. The van der Waals surface area contributed by atoms with Crippen molar-refractivity contribution in [2.45, 2.75) is 13.0 Å². The Kier molecular flexibility index (Phi) is 3.14. The molecule has 0 spiro atoms. The summed E-state index contributed by atoms with van der Waals surface area (Å²) in [6.07, 6.45) is 0. The highest BCUT2D eigenvalue weighted by atomic mass is 19.2. The number of hydrogen-bond acceptors (Lipinski definition) is 2. The van der Waals surface area contributed by atoms with E-state index in [-0.39, 0.29) is 5.69 Å². The van der Waals surface area contributed by atoms with Crippen molar-refractivity contribution in [3.05, 3.63) is 29.8 Å². The van der Waals surface area contributed by atoms with Gasteiger partial charge in [0, 0.05) is 11.8 Å². The lowest BCUT2D eigenvalue weighted by Gasteiger charge is -2.07. The van der Waals surface area contributed by atoms with Gasteiger partial charge in [-0.1, -0.05) is 0 Å². The SMILES string of the molecule is C[C@@H](N)C(=O)Nc1ccc(F)c(F)c1. The molecule has 1 atom stereocenters. The van der Waals surface area contributed by atoms with E-state index in [1.807, 2.05) is 0 Å². The Morgan fingerprint density at radius 1 is 1.43 bits per heavy atom. The first kappa shape index (κ1) is 10.6. The van der Waals surface area contributed by atoms with Crippen molar-refractivity contribution in [2.75, 3.05) is 5.32 Å². The van der Waals surface area contributed by atoms with Crippen LogP contribution in [0.5, 0.6) is 0 Å². The van der Waals surface area contributed by atoms with Gasteiger partial charge in [-0.05, 0) is 19.1 Å². The van der Waals surface area contributed by atoms with Crippen LogP contribution >= 0.6 is 0 Å². The smallest absolute Gasteiger partial charge is 0.241 e. The maximum absolute atomic E-state index is 12.7. The van der Waals surface area contributed by atoms with Crippen LogP contribution in [0.4, 0.5) is 14.5 Å². The van der Waals surface area contributed by atoms with Gasteiger partial charge >= 0.3 is 0 Å². The summed E-state index contributed by atoms with van der Waals surface area (Å²) in [6, 6.07) is 2.41. The molecule has 1 rings (SSSR count). The van der Waals surface area contributed by atoms with Crippen LogP contribution in [0, 0.1) is 11.6 Å². The average Bonchev–Trinajstić information content (AvgIpc) is 2.11. The minimum Gasteiger partial charge on any atom is -0.325 e. The molecule has 1 amide bonds. The Morgan fingerprint density at radius 2 is 2.07 bits per heavy atom. The first-order valence-electron chi connectivity index (χ1n) is 4.02. The third-order valence-electron chi connectivity index (χ3n) is 1.60. The van der Waals surface area contributed by atoms with Crippen molar-refractivity contribution in [3.8, 4) is 0 Å². The van der Waals surface area contributed by atoms with Gasteiger partial charge in [-0.3, -0.25) is 4.79 Å². The Bertz CT molecular complexity index is 353. The summed E-state index contributed by atoms with van der Waals surface area (Å²) in [7, 11) is 0. The summed E-state index contributed by atoms with van der Waals surface area (Å²) in [4.78, 5) is 11.1. The lowest BCUT2D eigenvalue weighted by molar-refractivity contribution is -0.117. The number of benzene rings is 1. The summed E-state index contributed by atoms with van der Waals surface area (Å²) >= 11 is 0. The van der Waals surface area contributed by atoms with E-state index in [0.717, 1.165) is 12.1 Å². The quantitative estimate of drug-likeness (QED) is 0.754. The Balaban J connectivity index is 2.78. The lowest BCUT2D eigenvalue weighted by Crippen LogP contribution is -2.32. The third kappa shape index (κ3) is 2.50. The van der Waals surface area contributed by atoms with Crippen molar-refractivity contribution in [2.24, 2.45) is 5.73 Å². The summed E-state index contributed by atoms with van der Waals surface area (Å²) in [6.45, 7) is 1.50. The number of hydrogen-bond donors (Lipinski definition) is 2. The largest absolute Gasteiger partial charge is 0.325 e. The molecule has 0 saturated heterocycles. The van der Waals surface area contributed by atoms with E-state index in [2.05, 4.69) is 5.32 Å². The molecule has 0 aliphatic rings. The fourth-order valence-electron chi connectivity index (χ4n) is 0.830. The van der Waals surface area contributed by atoms with Gasteiger partial charge in [0.25, 0.3) is 0 Å². The number of rotatable bonds is 2. The molecule has 0 saturated carbocycles. The highest BCUT2D eigenvalue weighted by Crippen LogP contribution is 2.12. The molecule has 0 unspecified atom stereocenters. The monoisotopic (exact) mass is 200 g/mol. The van der Waals surface area contributed by atoms with Crippen molar-refractivity contribution in [3.63, 3.8) is 0 Å². The molecule has 0 fully saturated rings. The second-order valence-electron chi connectivity index (χ2n) is 2.91. The standard InChI is InChI=1S/C9H10F2N2O/c1-5(12)9(14)13-6-2-3-7(10)8(11)4-6/h2-5H,12H2,1H3,(H,13,14)/t5-/m1/s1. The summed E-state index contributed by atoms with van der Waals surface area (Å²) in [5, 5.41) is 2.34. The van der Waals surface area contributed by atoms with Crippen LogP contribution in [0.1, 0.15) is 6.92 Å². The molecule has 3 N–H and O–H groups in total. The second kappa shape index (κ2) is 4.15. The van der Waals surface area contributed by atoms with Crippen LogP contribution in [-0.4, -0.2) is 11.9 Å². The van der Waals surface area contributed by atoms with Crippen LogP contribution < -0.4 is 11.1 Å². The maximum Gasteiger partial charge on any atom is 0.241 e. The average molecular weight is 200 g/mol. The first-order chi connectivity index (χ1) is 6.50. The minimum atomic E-state index is -1.01. The van der Waals surface area contributed by atoms with Crippen LogP contribution in [0.15, 0.2) is 18.2 Å². The van der Waals surface area contributed by atoms with Crippen molar-refractivity contribution < 1.29 is 13.6 Å². The molecule has 5 heteroatoms. The molecule has 1 aromatic rings. The molecule has 1 aromatic carbocycles. The third-order valence-corrected chi connectivity index (χ3v) is 1.60. The fourth-order valence-corrected chi connectivity index (χ4v) is 0.830. The van der Waals surface area contributed by atoms with Crippen molar-refractivity contribution in [1.29, 1.82) is 0 Å². The molecule has 0 aliphatic heterocycles. The van der Waals surface area contributed by atoms with Crippen molar-refractivity contribution >= 4 is 11.6 Å². The van der Waals surface area contributed by atoms with Crippen LogP contribution in [-0.2, 0) is 4.79 Å². The number of carbonyl (C=O) groups is 1. The fraction of sp³-hybridized carbons (Fsp3) is 0.222. The molecule has 0 aromatic heterocycles. The van der Waals surface area contributed by atoms with Gasteiger partial charge in [-0.15, -0.1) is 0 Å². The van der Waals surface area contributed by atoms with E-state index < -0.39 is 23.6 Å². The van der Waals surface area contributed by atoms with E-state index >= 15 is 0 Å². The second-order valence-corrected chi connectivity index (χ2v) is 2.91. The molecule has 0 aliphatic carbocycles. The summed E-state index contributed by atoms with van der Waals surface area (Å²) in [5.74, 6) is -2.41. The molecule has 3 nitrogen and oxygen atoms in total. The molecule has 0 radical (unpaired) electrons. The number of anilines is 1. The first-order valence-corrected chi connectivity index (χ1v) is 4.02. The van der Waals surface area contributed by atoms with Gasteiger partial charge in [-0.2, -0.15) is 0 Å². The normalized spacial score (nSPS) is 12.3. The van der Waals surface area contributed by atoms with E-state index in [4.69, 9.17) is 5.73 Å². The van der Waals surface area contributed by atoms with Gasteiger partial charge < -0.3 is 11.1 Å². The predicted molar refractivity (Wildman–Crippen MR) is 48.6 cm³/mol. The number of amides is 1. The zero-order chi connectivity index (χ0) is 10.7. The van der Waals surface area contributed by atoms with Crippen LogP contribution in [0.2, 0.25) is 0 Å². The van der Waals surface area contributed by atoms with Crippen LogP contribution in [0.25, 0.3) is 0 Å². The van der Waals surface area contributed by atoms with Gasteiger partial charge in [-0.25, -0.2) is 8.78 Å². The van der Waals surface area contributed by atoms with E-state index in [1.54, 1.807) is 0 Å². The Labute approximate surface area is 79.9 Å². The molecular weight excluding hydrogens is 190 g/mol. The van der Waals surface area contributed by atoms with Crippen LogP contribution in [0.3, 0.4) is 0 Å². The van der Waals surface area contributed by atoms with Gasteiger partial charge in [0.2, 0.25) is 5.91 Å². The summed E-state index contributed by atoms with van der Waals surface area (Å²) in [5.41, 5.74) is 5.46. The zero-order valence-corrected chi connectivity index (χ0v) is 7.55. The number of nitrogens with two attached hydrogens (primary N) is 1. The van der Waals surface area contributed by atoms with Crippen molar-refractivity contribution in [1.82, 2.24) is 0 Å². The maximum atomic E-state index is 12.7. The molecule has 0 bridgehead atoms. The topological polar surface area (TPSA) is 55.1 Å². The predicted octanol–water partition coefficient (Wildman–Crippen LogP) is 1.25. The minimum absolute atomic E-state index is 0.186. The highest BCUT2D eigenvalue weighted by molar-refractivity contribution is 5.94. The molecule has 14 heavy (non-hydrogen) atoms. The molecule has 76 valence electrons. The van der Waals surface area contributed by atoms with E-state index in [9.17, 15) is 13.6 Å². The lowest BCUT2D eigenvalue weighted by atomic mass is 10.2. The van der Waals surface area contributed by atoms with E-state index in [0.29, 0.717) is 0 Å². The summed E-state index contributed by atoms with van der Waals surface area (Å²) < 4.78 is 25.2. The number of halogens is 2. The number of nitrogens with one attached hydrogen (secondary N) is 1. The van der Waals surface area contributed by atoms with Gasteiger partial charge in [0.1, 0.15) is 0 Å². The van der Waals surface area contributed by atoms with Gasteiger partial charge in [0.05, 0.1) is 6.04 Å². The number of carbonyl (C=O) groups excluding carboxylic acids is 1. The van der Waals surface area contributed by atoms with Gasteiger partial charge in [0.15, 0.2) is 11.6 Å². The Morgan fingerprint density at radius 3 is 2.57 bits per heavy atom.